The number of amides is 1. The Kier molecular flexibility index (Phi) is 7.47. The number of benzene rings is 1. The SMILES string of the molecule is CSc1ncccc1C(=O)OCC(=O)NC(C)CCc1ccccc1. The van der Waals surface area contributed by atoms with E-state index >= 15 is 0 Å². The van der Waals surface area contributed by atoms with Crippen molar-refractivity contribution >= 4 is 23.6 Å². The lowest BCUT2D eigenvalue weighted by molar-refractivity contribution is -0.124. The molecule has 0 bridgehead atoms. The molecule has 1 aromatic heterocycles. The van der Waals surface area contributed by atoms with E-state index in [1.807, 2.05) is 31.4 Å². The maximum absolute atomic E-state index is 12.1. The van der Waals surface area contributed by atoms with Gasteiger partial charge in [-0.1, -0.05) is 30.3 Å². The van der Waals surface area contributed by atoms with Crippen molar-refractivity contribution in [3.63, 3.8) is 0 Å². The third-order valence-corrected chi connectivity index (χ3v) is 4.35. The first-order valence-corrected chi connectivity index (χ1v) is 9.32. The van der Waals surface area contributed by atoms with Crippen LogP contribution in [0.2, 0.25) is 0 Å². The van der Waals surface area contributed by atoms with Gasteiger partial charge in [0.05, 0.1) is 5.56 Å². The fourth-order valence-electron chi connectivity index (χ4n) is 2.33. The fraction of sp³-hybridized carbons (Fsp3) is 0.316. The maximum Gasteiger partial charge on any atom is 0.341 e. The molecule has 1 aromatic carbocycles. The topological polar surface area (TPSA) is 68.3 Å². The number of aryl methyl sites for hydroxylation is 1. The zero-order valence-corrected chi connectivity index (χ0v) is 15.2. The van der Waals surface area contributed by atoms with Crippen LogP contribution in [0.1, 0.15) is 29.3 Å². The minimum atomic E-state index is -0.537. The van der Waals surface area contributed by atoms with Crippen molar-refractivity contribution in [2.75, 3.05) is 12.9 Å². The van der Waals surface area contributed by atoms with Crippen LogP contribution in [0, 0.1) is 0 Å². The van der Waals surface area contributed by atoms with Crippen molar-refractivity contribution in [1.29, 1.82) is 0 Å². The first-order valence-electron chi connectivity index (χ1n) is 8.09. The highest BCUT2D eigenvalue weighted by atomic mass is 32.2. The van der Waals surface area contributed by atoms with E-state index in [0.717, 1.165) is 12.8 Å². The number of hydrogen-bond acceptors (Lipinski definition) is 5. The number of nitrogens with one attached hydrogen (secondary N) is 1. The summed E-state index contributed by atoms with van der Waals surface area (Å²) in [6, 6.07) is 13.4. The molecule has 0 spiro atoms. The highest BCUT2D eigenvalue weighted by molar-refractivity contribution is 7.98. The minimum Gasteiger partial charge on any atom is -0.452 e. The smallest absolute Gasteiger partial charge is 0.341 e. The summed E-state index contributed by atoms with van der Waals surface area (Å²) in [6.45, 7) is 1.65. The standard InChI is InChI=1S/C19H22N2O3S/c1-14(10-11-15-7-4-3-5-8-15)21-17(22)13-24-19(23)16-9-6-12-20-18(16)25-2/h3-9,12,14H,10-11,13H2,1-2H3,(H,21,22). The summed E-state index contributed by atoms with van der Waals surface area (Å²) in [4.78, 5) is 28.1. The van der Waals surface area contributed by atoms with Gasteiger partial charge >= 0.3 is 5.97 Å². The van der Waals surface area contributed by atoms with Crippen LogP contribution < -0.4 is 5.32 Å². The molecule has 0 saturated carbocycles. The van der Waals surface area contributed by atoms with Gasteiger partial charge in [0.1, 0.15) is 5.03 Å². The zero-order chi connectivity index (χ0) is 18.1. The van der Waals surface area contributed by atoms with Gasteiger partial charge in [0.2, 0.25) is 0 Å². The van der Waals surface area contributed by atoms with Crippen LogP contribution in [0.25, 0.3) is 0 Å². The Morgan fingerprint density at radius 1 is 1.20 bits per heavy atom. The average molecular weight is 358 g/mol. The van der Waals surface area contributed by atoms with E-state index in [-0.39, 0.29) is 18.6 Å². The molecule has 5 nitrogen and oxygen atoms in total. The zero-order valence-electron chi connectivity index (χ0n) is 14.4. The van der Waals surface area contributed by atoms with Gasteiger partial charge < -0.3 is 10.1 Å². The number of carbonyl (C=O) groups excluding carboxylic acids is 2. The van der Waals surface area contributed by atoms with Gasteiger partial charge in [-0.15, -0.1) is 11.8 Å². The first kappa shape index (κ1) is 19.0. The van der Waals surface area contributed by atoms with Crippen LogP contribution in [-0.2, 0) is 16.0 Å². The van der Waals surface area contributed by atoms with Crippen molar-refractivity contribution in [2.45, 2.75) is 30.8 Å². The van der Waals surface area contributed by atoms with Crippen molar-refractivity contribution in [2.24, 2.45) is 0 Å². The number of thioether (sulfide) groups is 1. The third kappa shape index (κ3) is 6.23. The molecule has 2 aromatic rings. The summed E-state index contributed by atoms with van der Waals surface area (Å²) >= 11 is 1.36. The molecule has 0 aliphatic heterocycles. The number of rotatable bonds is 8. The normalized spacial score (nSPS) is 11.6. The van der Waals surface area contributed by atoms with Crippen LogP contribution in [0.15, 0.2) is 53.7 Å². The molecule has 0 radical (unpaired) electrons. The van der Waals surface area contributed by atoms with E-state index in [2.05, 4.69) is 22.4 Å². The van der Waals surface area contributed by atoms with Gasteiger partial charge in [-0.3, -0.25) is 4.79 Å². The molecule has 0 saturated heterocycles. The lowest BCUT2D eigenvalue weighted by atomic mass is 10.1. The summed E-state index contributed by atoms with van der Waals surface area (Å²) < 4.78 is 5.09. The Balaban J connectivity index is 1.75. The first-order chi connectivity index (χ1) is 12.1. The number of pyridine rings is 1. The highest BCUT2D eigenvalue weighted by Crippen LogP contribution is 2.17. The molecular weight excluding hydrogens is 336 g/mol. The van der Waals surface area contributed by atoms with Gasteiger partial charge in [0, 0.05) is 12.2 Å². The molecule has 1 heterocycles. The number of esters is 1. The molecule has 1 amide bonds. The van der Waals surface area contributed by atoms with E-state index in [1.165, 1.54) is 17.3 Å². The summed E-state index contributed by atoms with van der Waals surface area (Å²) in [5.74, 6) is -0.840. The molecular formula is C19H22N2O3S. The van der Waals surface area contributed by atoms with Crippen LogP contribution in [0.5, 0.6) is 0 Å². The second-order valence-corrected chi connectivity index (χ2v) is 6.42. The predicted molar refractivity (Wildman–Crippen MR) is 98.7 cm³/mol. The van der Waals surface area contributed by atoms with Gasteiger partial charge in [0.15, 0.2) is 6.61 Å². The van der Waals surface area contributed by atoms with Crippen LogP contribution in [0.4, 0.5) is 0 Å². The molecule has 132 valence electrons. The lowest BCUT2D eigenvalue weighted by Crippen LogP contribution is -2.36. The van der Waals surface area contributed by atoms with E-state index in [9.17, 15) is 9.59 Å². The highest BCUT2D eigenvalue weighted by Gasteiger charge is 2.15. The molecule has 0 fully saturated rings. The van der Waals surface area contributed by atoms with Crippen molar-refractivity contribution in [3.05, 3.63) is 59.8 Å². The van der Waals surface area contributed by atoms with Gasteiger partial charge in [-0.05, 0) is 43.7 Å². The third-order valence-electron chi connectivity index (χ3n) is 3.64. The van der Waals surface area contributed by atoms with E-state index < -0.39 is 5.97 Å². The second-order valence-electron chi connectivity index (χ2n) is 5.63. The summed E-state index contributed by atoms with van der Waals surface area (Å²) in [6.07, 6.45) is 5.15. The molecule has 0 aliphatic carbocycles. The Morgan fingerprint density at radius 2 is 1.96 bits per heavy atom. The van der Waals surface area contributed by atoms with Crippen molar-refractivity contribution < 1.29 is 14.3 Å². The summed E-state index contributed by atoms with van der Waals surface area (Å²) in [7, 11) is 0. The maximum atomic E-state index is 12.1. The Bertz CT molecular complexity index is 707. The molecule has 1 unspecified atom stereocenters. The molecule has 1 N–H and O–H groups in total. The van der Waals surface area contributed by atoms with Crippen molar-refractivity contribution in [1.82, 2.24) is 10.3 Å². The molecule has 0 aliphatic rings. The number of carbonyl (C=O) groups is 2. The fourth-order valence-corrected chi connectivity index (χ4v) is 2.87. The molecule has 6 heteroatoms. The van der Waals surface area contributed by atoms with Crippen molar-refractivity contribution in [3.8, 4) is 0 Å². The van der Waals surface area contributed by atoms with E-state index in [1.54, 1.807) is 18.3 Å². The second kappa shape index (κ2) is 9.84. The summed E-state index contributed by atoms with van der Waals surface area (Å²) in [5, 5.41) is 3.44. The quantitative estimate of drug-likeness (QED) is 0.580. The van der Waals surface area contributed by atoms with Crippen LogP contribution in [-0.4, -0.2) is 35.8 Å². The van der Waals surface area contributed by atoms with Crippen LogP contribution >= 0.6 is 11.8 Å². The molecule has 25 heavy (non-hydrogen) atoms. The van der Waals surface area contributed by atoms with E-state index in [0.29, 0.717) is 10.6 Å². The Hall–Kier alpha value is -2.34. The number of hydrogen-bond donors (Lipinski definition) is 1. The van der Waals surface area contributed by atoms with E-state index in [4.69, 9.17) is 4.74 Å². The van der Waals surface area contributed by atoms with Gasteiger partial charge in [0.25, 0.3) is 5.91 Å². The summed E-state index contributed by atoms with van der Waals surface area (Å²) in [5.41, 5.74) is 1.61. The number of ether oxygens (including phenoxy) is 1. The molecule has 1 atom stereocenters. The number of nitrogens with zero attached hydrogens (tertiary/aromatic N) is 1. The van der Waals surface area contributed by atoms with Crippen LogP contribution in [0.3, 0.4) is 0 Å². The average Bonchev–Trinajstić information content (AvgIpc) is 2.65. The monoisotopic (exact) mass is 358 g/mol. The lowest BCUT2D eigenvalue weighted by Gasteiger charge is -2.14. The van der Waals surface area contributed by atoms with Gasteiger partial charge in [-0.25, -0.2) is 9.78 Å². The predicted octanol–water partition coefficient (Wildman–Crippen LogP) is 3.10. The van der Waals surface area contributed by atoms with Gasteiger partial charge in [-0.2, -0.15) is 0 Å². The molecule has 2 rings (SSSR count). The Morgan fingerprint density at radius 3 is 2.68 bits per heavy atom. The largest absolute Gasteiger partial charge is 0.452 e. The number of aromatic nitrogens is 1. The Labute approximate surface area is 152 Å². The minimum absolute atomic E-state index is 0.00607.